The van der Waals surface area contributed by atoms with Gasteiger partial charge in [0, 0.05) is 37.4 Å². The minimum atomic E-state index is -1.06. The molecule has 1 aliphatic rings. The first kappa shape index (κ1) is 21.4. The first-order valence-corrected chi connectivity index (χ1v) is 9.32. The van der Waals surface area contributed by atoms with Crippen LogP contribution in [0.15, 0.2) is 42.5 Å². The van der Waals surface area contributed by atoms with Gasteiger partial charge < -0.3 is 15.0 Å². The van der Waals surface area contributed by atoms with Crippen molar-refractivity contribution in [2.45, 2.75) is 0 Å². The summed E-state index contributed by atoms with van der Waals surface area (Å²) in [5, 5.41) is 2.73. The quantitative estimate of drug-likeness (QED) is 0.755. The lowest BCUT2D eigenvalue weighted by Crippen LogP contribution is -2.50. The lowest BCUT2D eigenvalue weighted by Gasteiger charge is -2.34. The van der Waals surface area contributed by atoms with Gasteiger partial charge in [-0.15, -0.1) is 0 Å². The number of rotatable bonds is 5. The predicted molar refractivity (Wildman–Crippen MR) is 105 cm³/mol. The minimum Gasteiger partial charge on any atom is -0.465 e. The van der Waals surface area contributed by atoms with E-state index in [1.807, 2.05) is 4.90 Å². The zero-order valence-corrected chi connectivity index (χ0v) is 16.4. The molecule has 2 aromatic rings. The molecule has 0 atom stereocenters. The maximum Gasteiger partial charge on any atom is 0.337 e. The van der Waals surface area contributed by atoms with Gasteiger partial charge in [0.25, 0.3) is 5.91 Å². The molecule has 9 heteroatoms. The van der Waals surface area contributed by atoms with Crippen LogP contribution in [0.5, 0.6) is 0 Å². The number of piperazine rings is 1. The molecule has 0 aromatic heterocycles. The molecule has 0 aliphatic carbocycles. The second-order valence-electron chi connectivity index (χ2n) is 6.82. The Balaban J connectivity index is 1.50. The topological polar surface area (TPSA) is 79.0 Å². The molecule has 1 saturated heterocycles. The lowest BCUT2D eigenvalue weighted by molar-refractivity contribution is -0.117. The molecule has 0 saturated carbocycles. The number of esters is 1. The summed E-state index contributed by atoms with van der Waals surface area (Å²) < 4.78 is 31.1. The maximum atomic E-state index is 13.4. The Bertz CT molecular complexity index is 959. The monoisotopic (exact) mass is 417 g/mol. The van der Waals surface area contributed by atoms with Crippen LogP contribution in [0.3, 0.4) is 0 Å². The Morgan fingerprint density at radius 2 is 1.70 bits per heavy atom. The molecule has 1 heterocycles. The summed E-state index contributed by atoms with van der Waals surface area (Å²) >= 11 is 0. The summed E-state index contributed by atoms with van der Waals surface area (Å²) in [6.07, 6.45) is 0. The van der Waals surface area contributed by atoms with E-state index in [0.29, 0.717) is 37.4 Å². The second-order valence-corrected chi connectivity index (χ2v) is 6.82. The van der Waals surface area contributed by atoms with E-state index in [2.05, 4.69) is 10.1 Å². The first-order valence-electron chi connectivity index (χ1n) is 9.32. The fraction of sp³-hybridized carbons (Fsp3) is 0.286. The van der Waals surface area contributed by atoms with Crippen molar-refractivity contribution in [3.8, 4) is 0 Å². The van der Waals surface area contributed by atoms with Crippen molar-refractivity contribution in [1.29, 1.82) is 0 Å². The molecular formula is C21H21F2N3O4. The van der Waals surface area contributed by atoms with Crippen LogP contribution in [0.2, 0.25) is 0 Å². The third-order valence-corrected chi connectivity index (χ3v) is 4.76. The van der Waals surface area contributed by atoms with Crippen LogP contribution >= 0.6 is 0 Å². The van der Waals surface area contributed by atoms with Crippen LogP contribution in [-0.2, 0) is 9.53 Å². The number of nitrogens with one attached hydrogen (secondary N) is 1. The van der Waals surface area contributed by atoms with E-state index in [9.17, 15) is 23.2 Å². The molecule has 3 rings (SSSR count). The number of benzene rings is 2. The van der Waals surface area contributed by atoms with Gasteiger partial charge >= 0.3 is 5.97 Å². The number of carbonyl (C=O) groups excluding carboxylic acids is 3. The van der Waals surface area contributed by atoms with Crippen LogP contribution in [0.4, 0.5) is 14.5 Å². The van der Waals surface area contributed by atoms with Gasteiger partial charge in [-0.2, -0.15) is 0 Å². The molecule has 30 heavy (non-hydrogen) atoms. The third kappa shape index (κ3) is 5.18. The molecule has 2 amide bonds. The SMILES string of the molecule is COC(=O)c1cccc(NC(=O)CN2CCN(C(=O)c3ccc(F)c(F)c3)CC2)c1. The summed E-state index contributed by atoms with van der Waals surface area (Å²) in [5.41, 5.74) is 0.903. The summed E-state index contributed by atoms with van der Waals surface area (Å²) in [5.74, 6) is -3.19. The van der Waals surface area contributed by atoms with Crippen LogP contribution in [0, 0.1) is 11.6 Å². The Labute approximate surface area is 172 Å². The molecule has 0 radical (unpaired) electrons. The Morgan fingerprint density at radius 1 is 0.967 bits per heavy atom. The number of carbonyl (C=O) groups is 3. The predicted octanol–water partition coefficient (Wildman–Crippen LogP) is 2.15. The summed E-state index contributed by atoms with van der Waals surface area (Å²) in [4.78, 5) is 39.8. The first-order chi connectivity index (χ1) is 14.4. The highest BCUT2D eigenvalue weighted by atomic mass is 19.2. The van der Waals surface area contributed by atoms with Gasteiger partial charge in [-0.25, -0.2) is 13.6 Å². The number of halogens is 2. The molecule has 7 nitrogen and oxygen atoms in total. The standard InChI is InChI=1S/C21H21F2N3O4/c1-30-21(29)15-3-2-4-16(11-15)24-19(27)13-25-7-9-26(10-8-25)20(28)14-5-6-17(22)18(23)12-14/h2-6,11-12H,7-10,13H2,1H3,(H,24,27). The average molecular weight is 417 g/mol. The smallest absolute Gasteiger partial charge is 0.337 e. The van der Waals surface area contributed by atoms with E-state index >= 15 is 0 Å². The van der Waals surface area contributed by atoms with Gasteiger partial charge in [0.05, 0.1) is 19.2 Å². The lowest BCUT2D eigenvalue weighted by atomic mass is 10.1. The molecule has 1 fully saturated rings. The number of methoxy groups -OCH3 is 1. The highest BCUT2D eigenvalue weighted by Crippen LogP contribution is 2.14. The Kier molecular flexibility index (Phi) is 6.73. The van der Waals surface area contributed by atoms with Crippen molar-refractivity contribution < 1.29 is 27.9 Å². The minimum absolute atomic E-state index is 0.0885. The van der Waals surface area contributed by atoms with Gasteiger partial charge in [0.1, 0.15) is 0 Å². The van der Waals surface area contributed by atoms with Gasteiger partial charge in [-0.3, -0.25) is 14.5 Å². The number of nitrogens with zero attached hydrogens (tertiary/aromatic N) is 2. The number of amides is 2. The normalized spacial score (nSPS) is 14.3. The van der Waals surface area contributed by atoms with Crippen LogP contribution in [-0.4, -0.2) is 67.4 Å². The van der Waals surface area contributed by atoms with Crippen LogP contribution in [0.1, 0.15) is 20.7 Å². The van der Waals surface area contributed by atoms with Crippen molar-refractivity contribution >= 4 is 23.5 Å². The Morgan fingerprint density at radius 3 is 2.37 bits per heavy atom. The van der Waals surface area contributed by atoms with Crippen molar-refractivity contribution in [3.63, 3.8) is 0 Å². The van der Waals surface area contributed by atoms with E-state index in [-0.39, 0.29) is 23.9 Å². The number of hydrogen-bond acceptors (Lipinski definition) is 5. The summed E-state index contributed by atoms with van der Waals surface area (Å²) in [6.45, 7) is 1.78. The highest BCUT2D eigenvalue weighted by molar-refractivity contribution is 5.95. The van der Waals surface area contributed by atoms with E-state index < -0.39 is 17.6 Å². The van der Waals surface area contributed by atoms with Crippen molar-refractivity contribution in [1.82, 2.24) is 9.80 Å². The van der Waals surface area contributed by atoms with Crippen LogP contribution < -0.4 is 5.32 Å². The van der Waals surface area contributed by atoms with Crippen molar-refractivity contribution in [2.75, 3.05) is 45.2 Å². The van der Waals surface area contributed by atoms with Gasteiger partial charge in [-0.05, 0) is 36.4 Å². The number of anilines is 1. The van der Waals surface area contributed by atoms with Crippen molar-refractivity contribution in [3.05, 3.63) is 65.2 Å². The molecule has 2 aromatic carbocycles. The molecule has 0 spiro atoms. The largest absolute Gasteiger partial charge is 0.465 e. The fourth-order valence-corrected chi connectivity index (χ4v) is 3.17. The van der Waals surface area contributed by atoms with Crippen molar-refractivity contribution in [2.24, 2.45) is 0 Å². The van der Waals surface area contributed by atoms with Gasteiger partial charge in [0.15, 0.2) is 11.6 Å². The summed E-state index contributed by atoms with van der Waals surface area (Å²) in [7, 11) is 1.28. The summed E-state index contributed by atoms with van der Waals surface area (Å²) in [6, 6.07) is 9.50. The van der Waals surface area contributed by atoms with Gasteiger partial charge in [0.2, 0.25) is 5.91 Å². The van der Waals surface area contributed by atoms with E-state index in [1.54, 1.807) is 23.1 Å². The Hall–Kier alpha value is -3.33. The highest BCUT2D eigenvalue weighted by Gasteiger charge is 2.24. The van der Waals surface area contributed by atoms with Crippen LogP contribution in [0.25, 0.3) is 0 Å². The average Bonchev–Trinajstić information content (AvgIpc) is 2.75. The molecule has 1 aliphatic heterocycles. The maximum absolute atomic E-state index is 13.4. The van der Waals surface area contributed by atoms with E-state index in [4.69, 9.17) is 0 Å². The molecule has 0 bridgehead atoms. The molecular weight excluding hydrogens is 396 g/mol. The number of hydrogen-bond donors (Lipinski definition) is 1. The fourth-order valence-electron chi connectivity index (χ4n) is 3.17. The molecule has 158 valence electrons. The third-order valence-electron chi connectivity index (χ3n) is 4.76. The van der Waals surface area contributed by atoms with Gasteiger partial charge in [-0.1, -0.05) is 6.07 Å². The van der Waals surface area contributed by atoms with E-state index in [1.165, 1.54) is 19.2 Å². The zero-order valence-electron chi connectivity index (χ0n) is 16.4. The molecule has 0 unspecified atom stereocenters. The number of ether oxygens (including phenoxy) is 1. The molecule has 1 N–H and O–H groups in total. The van der Waals surface area contributed by atoms with E-state index in [0.717, 1.165) is 12.1 Å². The second kappa shape index (κ2) is 9.45. The zero-order chi connectivity index (χ0) is 21.7.